The van der Waals surface area contributed by atoms with Gasteiger partial charge >= 0.3 is 5.97 Å². The van der Waals surface area contributed by atoms with Crippen LogP contribution in [0.2, 0.25) is 0 Å². The highest BCUT2D eigenvalue weighted by molar-refractivity contribution is 5.71. The summed E-state index contributed by atoms with van der Waals surface area (Å²) in [6, 6.07) is 7.53. The molecule has 0 radical (unpaired) electrons. The maximum absolute atomic E-state index is 11.9. The summed E-state index contributed by atoms with van der Waals surface area (Å²) >= 11 is 0. The first kappa shape index (κ1) is 21.9. The number of esters is 1. The first-order chi connectivity index (χ1) is 12.8. The van der Waals surface area contributed by atoms with Crippen LogP contribution in [0.15, 0.2) is 47.0 Å². The van der Waals surface area contributed by atoms with E-state index >= 15 is 0 Å². The average Bonchev–Trinajstić information content (AvgIpc) is 2.69. The second-order valence-electron chi connectivity index (χ2n) is 5.84. The Morgan fingerprint density at radius 2 is 1.85 bits per heavy atom. The maximum Gasteiger partial charge on any atom is 0.309 e. The smallest absolute Gasteiger partial charge is 0.309 e. The Kier molecular flexibility index (Phi) is 8.72. The topological polar surface area (TPSA) is 70.4 Å². The monoisotopic (exact) mass is 370 g/mol. The minimum atomic E-state index is -0.175. The number of carbonyl (C=O) groups excluding carboxylic acids is 1. The average molecular weight is 370 g/mol. The van der Waals surface area contributed by atoms with Crippen molar-refractivity contribution in [1.82, 2.24) is 9.55 Å². The summed E-state index contributed by atoms with van der Waals surface area (Å²) in [7, 11) is 3.01. The summed E-state index contributed by atoms with van der Waals surface area (Å²) in [6.45, 7) is 11.6. The van der Waals surface area contributed by atoms with Crippen LogP contribution in [0.25, 0.3) is 13.2 Å². The van der Waals surface area contributed by atoms with E-state index in [0.717, 1.165) is 16.9 Å². The van der Waals surface area contributed by atoms with Crippen molar-refractivity contribution in [2.24, 2.45) is 0 Å². The zero-order chi connectivity index (χ0) is 20.4. The van der Waals surface area contributed by atoms with Gasteiger partial charge in [0.15, 0.2) is 0 Å². The van der Waals surface area contributed by atoms with E-state index in [2.05, 4.69) is 22.9 Å². The van der Waals surface area contributed by atoms with Crippen LogP contribution in [-0.4, -0.2) is 29.7 Å². The lowest BCUT2D eigenvalue weighted by molar-refractivity contribution is -0.139. The highest BCUT2D eigenvalue weighted by atomic mass is 16.5. The fourth-order valence-corrected chi connectivity index (χ4v) is 2.01. The predicted molar refractivity (Wildman–Crippen MR) is 107 cm³/mol. The molecule has 0 bridgehead atoms. The summed E-state index contributed by atoms with van der Waals surface area (Å²) in [4.78, 5) is 26.5. The van der Waals surface area contributed by atoms with Gasteiger partial charge in [-0.2, -0.15) is 0 Å². The van der Waals surface area contributed by atoms with E-state index in [9.17, 15) is 9.59 Å². The third-order valence-corrected chi connectivity index (χ3v) is 3.88. The van der Waals surface area contributed by atoms with Crippen LogP contribution >= 0.6 is 0 Å². The van der Waals surface area contributed by atoms with Gasteiger partial charge in [-0.15, -0.1) is 0 Å². The zero-order valence-electron chi connectivity index (χ0n) is 16.3. The summed E-state index contributed by atoms with van der Waals surface area (Å²) in [5, 5.41) is 0.761. The molecular formula is C21H26N2O4. The molecule has 2 rings (SSSR count). The molecule has 1 heterocycles. The summed E-state index contributed by atoms with van der Waals surface area (Å²) in [6.07, 6.45) is 3.80. The third-order valence-electron chi connectivity index (χ3n) is 3.88. The van der Waals surface area contributed by atoms with Crippen molar-refractivity contribution >= 4 is 19.1 Å². The maximum atomic E-state index is 11.9. The van der Waals surface area contributed by atoms with Gasteiger partial charge in [-0.1, -0.05) is 36.9 Å². The molecule has 0 aliphatic rings. The highest BCUT2D eigenvalue weighted by Crippen LogP contribution is 2.11. The molecule has 0 spiro atoms. The lowest BCUT2D eigenvalue weighted by atomic mass is 10.2. The molecular weight excluding hydrogens is 344 g/mol. The molecule has 0 unspecified atom stereocenters. The van der Waals surface area contributed by atoms with Gasteiger partial charge in [0.1, 0.15) is 5.75 Å². The van der Waals surface area contributed by atoms with Gasteiger partial charge in [0, 0.05) is 0 Å². The van der Waals surface area contributed by atoms with E-state index in [4.69, 9.17) is 4.74 Å². The van der Waals surface area contributed by atoms with Crippen LogP contribution < -0.4 is 20.9 Å². The lowest BCUT2D eigenvalue weighted by Gasteiger charge is -2.06. The highest BCUT2D eigenvalue weighted by Gasteiger charge is 2.00. The Balaban J connectivity index is 0.000000345. The molecule has 27 heavy (non-hydrogen) atoms. The van der Waals surface area contributed by atoms with Crippen molar-refractivity contribution in [2.75, 3.05) is 14.2 Å². The Labute approximate surface area is 159 Å². The number of carbonyl (C=O) groups is 1. The van der Waals surface area contributed by atoms with Gasteiger partial charge in [-0.3, -0.25) is 14.2 Å². The van der Waals surface area contributed by atoms with Crippen LogP contribution in [-0.2, 0) is 16.1 Å². The fourth-order valence-electron chi connectivity index (χ4n) is 2.01. The number of aromatic nitrogens is 2. The van der Waals surface area contributed by atoms with Gasteiger partial charge in [-0.05, 0) is 31.5 Å². The van der Waals surface area contributed by atoms with Crippen molar-refractivity contribution < 1.29 is 14.3 Å². The standard InChI is InChI=1S/C14H14N2O2.C7H12O2/c1-10-11(2)15-9-16(14(10)17)8-12-4-6-13(18-3)7-5-12;1-4-6(2)5-7(8)9-3/h4-7,9H,1-2,8H2,3H3;4H,5H2,1-3H3/b;6-4+. The van der Waals surface area contributed by atoms with E-state index in [-0.39, 0.29) is 11.5 Å². The molecule has 144 valence electrons. The van der Waals surface area contributed by atoms with Crippen LogP contribution in [0.3, 0.4) is 0 Å². The van der Waals surface area contributed by atoms with Crippen molar-refractivity contribution in [2.45, 2.75) is 26.8 Å². The molecule has 2 aromatic rings. The third kappa shape index (κ3) is 6.93. The first-order valence-electron chi connectivity index (χ1n) is 8.37. The minimum absolute atomic E-state index is 0.161. The summed E-state index contributed by atoms with van der Waals surface area (Å²) < 4.78 is 11.0. The molecule has 0 saturated heterocycles. The van der Waals surface area contributed by atoms with Gasteiger partial charge in [0.25, 0.3) is 5.56 Å². The Bertz CT molecular complexity index is 944. The van der Waals surface area contributed by atoms with E-state index < -0.39 is 0 Å². The van der Waals surface area contributed by atoms with E-state index in [1.165, 1.54) is 18.0 Å². The number of rotatable bonds is 5. The number of ether oxygens (including phenoxy) is 2. The second kappa shape index (κ2) is 10.8. The minimum Gasteiger partial charge on any atom is -0.497 e. The predicted octanol–water partition coefficient (Wildman–Crippen LogP) is 1.64. The fraction of sp³-hybridized carbons (Fsp3) is 0.286. The van der Waals surface area contributed by atoms with E-state index in [1.807, 2.05) is 44.2 Å². The molecule has 1 aromatic carbocycles. The molecule has 1 aromatic heterocycles. The Morgan fingerprint density at radius 3 is 2.37 bits per heavy atom. The molecule has 0 saturated carbocycles. The SMILES string of the molecule is C/C=C(\C)CC(=O)OC.C=c1ncn(Cc2ccc(OC)cc2)c(=O)c1=C. The number of allylic oxidation sites excluding steroid dienone is 1. The molecule has 0 aliphatic heterocycles. The molecule has 6 nitrogen and oxygen atoms in total. The van der Waals surface area contributed by atoms with Crippen molar-refractivity contribution in [1.29, 1.82) is 0 Å². The van der Waals surface area contributed by atoms with Crippen molar-refractivity contribution in [3.63, 3.8) is 0 Å². The Hall–Kier alpha value is -3.15. The van der Waals surface area contributed by atoms with Crippen LogP contribution in [0.1, 0.15) is 25.8 Å². The van der Waals surface area contributed by atoms with Crippen molar-refractivity contribution in [3.8, 4) is 5.75 Å². The lowest BCUT2D eigenvalue weighted by Crippen LogP contribution is -2.44. The molecule has 0 fully saturated rings. The molecule has 0 N–H and O–H groups in total. The van der Waals surface area contributed by atoms with Crippen LogP contribution in [0, 0.1) is 0 Å². The largest absolute Gasteiger partial charge is 0.497 e. The van der Waals surface area contributed by atoms with Crippen LogP contribution in [0.5, 0.6) is 5.75 Å². The number of hydrogen-bond donors (Lipinski definition) is 0. The van der Waals surface area contributed by atoms with E-state index in [0.29, 0.717) is 23.5 Å². The molecule has 0 aliphatic carbocycles. The summed E-state index contributed by atoms with van der Waals surface area (Å²) in [5.41, 5.74) is 1.88. The van der Waals surface area contributed by atoms with Gasteiger partial charge in [0.2, 0.25) is 0 Å². The quantitative estimate of drug-likeness (QED) is 0.591. The van der Waals surface area contributed by atoms with Gasteiger partial charge in [-0.25, -0.2) is 4.98 Å². The second-order valence-corrected chi connectivity index (χ2v) is 5.84. The summed E-state index contributed by atoms with van der Waals surface area (Å²) in [5.74, 6) is 0.612. The van der Waals surface area contributed by atoms with E-state index in [1.54, 1.807) is 7.11 Å². The number of methoxy groups -OCH3 is 2. The first-order valence-corrected chi connectivity index (χ1v) is 8.37. The van der Waals surface area contributed by atoms with Gasteiger partial charge in [0.05, 0.1) is 44.1 Å². The van der Waals surface area contributed by atoms with Crippen molar-refractivity contribution in [3.05, 3.63) is 68.7 Å². The molecule has 6 heteroatoms. The number of benzene rings is 1. The van der Waals surface area contributed by atoms with Gasteiger partial charge < -0.3 is 9.47 Å². The number of hydrogen-bond acceptors (Lipinski definition) is 5. The normalized spacial score (nSPS) is 10.6. The number of nitrogens with zero attached hydrogens (tertiary/aromatic N) is 2. The Morgan fingerprint density at radius 1 is 1.22 bits per heavy atom. The molecule has 0 atom stereocenters. The zero-order valence-corrected chi connectivity index (χ0v) is 16.3. The van der Waals surface area contributed by atoms with Crippen LogP contribution in [0.4, 0.5) is 0 Å². The molecule has 0 amide bonds.